The molecule has 18 heavy (non-hydrogen) atoms. The molecule has 1 aromatic rings. The molecule has 0 bridgehead atoms. The number of carboxylic acids is 1. The number of carbonyl (C=O) groups is 1. The summed E-state index contributed by atoms with van der Waals surface area (Å²) < 4.78 is 10.5. The topological polar surface area (TPSA) is 81.8 Å². The van der Waals surface area contributed by atoms with E-state index in [0.717, 1.165) is 5.56 Å². The zero-order valence-electron chi connectivity index (χ0n) is 10.5. The van der Waals surface area contributed by atoms with Gasteiger partial charge in [0.15, 0.2) is 11.5 Å². The normalized spacial score (nSPS) is 12.1. The van der Waals surface area contributed by atoms with Gasteiger partial charge >= 0.3 is 5.97 Å². The summed E-state index contributed by atoms with van der Waals surface area (Å²) in [5.74, 6) is -0.0887. The van der Waals surface area contributed by atoms with Crippen LogP contribution in [0.2, 0.25) is 5.02 Å². The number of benzene rings is 1. The first-order chi connectivity index (χ1) is 8.42. The molecule has 1 rings (SSSR count). The zero-order valence-corrected chi connectivity index (χ0v) is 11.2. The highest BCUT2D eigenvalue weighted by Gasteiger charge is 2.22. The van der Waals surface area contributed by atoms with Crippen molar-refractivity contribution < 1.29 is 19.4 Å². The highest BCUT2D eigenvalue weighted by Crippen LogP contribution is 2.41. The van der Waals surface area contributed by atoms with Crippen molar-refractivity contribution in [3.8, 4) is 11.5 Å². The van der Waals surface area contributed by atoms with Gasteiger partial charge in [-0.25, -0.2) is 0 Å². The van der Waals surface area contributed by atoms with Crippen LogP contribution in [0.4, 0.5) is 0 Å². The fourth-order valence-corrected chi connectivity index (χ4v) is 1.95. The molecule has 1 unspecified atom stereocenters. The Bertz CT molecular complexity index is 462. The predicted molar refractivity (Wildman–Crippen MR) is 68.5 cm³/mol. The van der Waals surface area contributed by atoms with Crippen LogP contribution in [0.15, 0.2) is 6.07 Å². The molecule has 1 atom stereocenters. The van der Waals surface area contributed by atoms with Crippen LogP contribution in [-0.2, 0) is 4.79 Å². The van der Waals surface area contributed by atoms with Gasteiger partial charge in [0.05, 0.1) is 20.6 Å². The van der Waals surface area contributed by atoms with E-state index in [1.165, 1.54) is 14.2 Å². The fraction of sp³-hybridized carbons (Fsp3) is 0.417. The van der Waals surface area contributed by atoms with Gasteiger partial charge < -0.3 is 20.3 Å². The monoisotopic (exact) mass is 273 g/mol. The summed E-state index contributed by atoms with van der Waals surface area (Å²) in [6.07, 6.45) is -0.209. The number of carboxylic acid groups (broad SMARTS) is 1. The maximum atomic E-state index is 10.7. The Labute approximate surface area is 110 Å². The van der Waals surface area contributed by atoms with Gasteiger partial charge in [-0.05, 0) is 13.0 Å². The molecule has 5 nitrogen and oxygen atoms in total. The molecule has 0 aliphatic carbocycles. The van der Waals surface area contributed by atoms with Gasteiger partial charge in [0.25, 0.3) is 0 Å². The van der Waals surface area contributed by atoms with Crippen molar-refractivity contribution in [2.45, 2.75) is 19.4 Å². The highest BCUT2D eigenvalue weighted by molar-refractivity contribution is 6.31. The Balaban J connectivity index is 3.34. The van der Waals surface area contributed by atoms with Crippen LogP contribution in [0.25, 0.3) is 0 Å². The third-order valence-corrected chi connectivity index (χ3v) is 3.04. The van der Waals surface area contributed by atoms with Crippen LogP contribution < -0.4 is 15.2 Å². The summed E-state index contributed by atoms with van der Waals surface area (Å²) >= 11 is 6.07. The van der Waals surface area contributed by atoms with Gasteiger partial charge in [0.1, 0.15) is 0 Å². The van der Waals surface area contributed by atoms with Crippen LogP contribution in [0.1, 0.15) is 23.6 Å². The van der Waals surface area contributed by atoms with E-state index < -0.39 is 12.0 Å². The average Bonchev–Trinajstić information content (AvgIpc) is 2.30. The second-order valence-electron chi connectivity index (χ2n) is 3.84. The lowest BCUT2D eigenvalue weighted by Crippen LogP contribution is -2.16. The number of ether oxygens (including phenoxy) is 2. The van der Waals surface area contributed by atoms with E-state index in [1.807, 2.05) is 0 Å². The molecule has 0 saturated carbocycles. The minimum absolute atomic E-state index is 0.209. The van der Waals surface area contributed by atoms with E-state index in [-0.39, 0.29) is 6.42 Å². The molecule has 0 heterocycles. The van der Waals surface area contributed by atoms with Crippen molar-refractivity contribution in [3.05, 3.63) is 22.2 Å². The van der Waals surface area contributed by atoms with E-state index in [4.69, 9.17) is 31.9 Å². The summed E-state index contributed by atoms with van der Waals surface area (Å²) in [5.41, 5.74) is 7.08. The molecule has 0 spiro atoms. The molecular formula is C12H16ClNO4. The molecular weight excluding hydrogens is 258 g/mol. The second-order valence-corrected chi connectivity index (χ2v) is 4.25. The van der Waals surface area contributed by atoms with Crippen LogP contribution in [0.3, 0.4) is 0 Å². The molecule has 0 aromatic heterocycles. The molecule has 0 aliphatic rings. The minimum atomic E-state index is -0.986. The minimum Gasteiger partial charge on any atom is -0.493 e. The first kappa shape index (κ1) is 14.6. The third kappa shape index (κ3) is 2.86. The van der Waals surface area contributed by atoms with E-state index in [0.29, 0.717) is 22.1 Å². The SMILES string of the molecule is COc1c(C(N)CC(=O)O)cc(Cl)c(C)c1OC. The maximum absolute atomic E-state index is 10.7. The Morgan fingerprint density at radius 1 is 1.44 bits per heavy atom. The predicted octanol–water partition coefficient (Wildman–Crippen LogP) is 2.14. The van der Waals surface area contributed by atoms with Crippen molar-refractivity contribution in [2.24, 2.45) is 5.73 Å². The molecule has 1 aromatic carbocycles. The van der Waals surface area contributed by atoms with Crippen molar-refractivity contribution in [1.29, 1.82) is 0 Å². The number of halogens is 1. The lowest BCUT2D eigenvalue weighted by atomic mass is 10.0. The average molecular weight is 274 g/mol. The summed E-state index contributed by atoms with van der Waals surface area (Å²) in [6, 6.07) is 0.913. The fourth-order valence-electron chi connectivity index (χ4n) is 1.75. The van der Waals surface area contributed by atoms with Gasteiger partial charge in [-0.15, -0.1) is 0 Å². The number of rotatable bonds is 5. The molecule has 0 amide bonds. The number of nitrogens with two attached hydrogens (primary N) is 1. The number of aliphatic carboxylic acids is 1. The van der Waals surface area contributed by atoms with Gasteiger partial charge in [-0.3, -0.25) is 4.79 Å². The van der Waals surface area contributed by atoms with Crippen LogP contribution in [-0.4, -0.2) is 25.3 Å². The van der Waals surface area contributed by atoms with E-state index in [9.17, 15) is 4.79 Å². The summed E-state index contributed by atoms with van der Waals surface area (Å²) in [4.78, 5) is 10.7. The van der Waals surface area contributed by atoms with Crippen LogP contribution in [0.5, 0.6) is 11.5 Å². The standard InChI is InChI=1S/C12H16ClNO4/c1-6-8(13)4-7(9(14)5-10(15)16)12(18-3)11(6)17-2/h4,9H,5,14H2,1-3H3,(H,15,16). The lowest BCUT2D eigenvalue weighted by molar-refractivity contribution is -0.137. The number of hydrogen-bond acceptors (Lipinski definition) is 4. The van der Waals surface area contributed by atoms with E-state index in [2.05, 4.69) is 0 Å². The molecule has 0 radical (unpaired) electrons. The second kappa shape index (κ2) is 5.93. The van der Waals surface area contributed by atoms with Gasteiger partial charge in [-0.1, -0.05) is 11.6 Å². The van der Waals surface area contributed by atoms with Crippen LogP contribution in [0, 0.1) is 6.92 Å². The first-order valence-corrected chi connectivity index (χ1v) is 5.68. The highest BCUT2D eigenvalue weighted by atomic mass is 35.5. The Kier molecular flexibility index (Phi) is 4.81. The quantitative estimate of drug-likeness (QED) is 0.859. The largest absolute Gasteiger partial charge is 0.493 e. The molecule has 3 N–H and O–H groups in total. The molecule has 100 valence electrons. The Morgan fingerprint density at radius 3 is 2.44 bits per heavy atom. The third-order valence-electron chi connectivity index (χ3n) is 2.65. The smallest absolute Gasteiger partial charge is 0.305 e. The molecule has 0 fully saturated rings. The number of hydrogen-bond donors (Lipinski definition) is 2. The molecule has 6 heteroatoms. The maximum Gasteiger partial charge on any atom is 0.305 e. The van der Waals surface area contributed by atoms with Gasteiger partial charge in [0, 0.05) is 22.2 Å². The van der Waals surface area contributed by atoms with Crippen molar-refractivity contribution in [3.63, 3.8) is 0 Å². The van der Waals surface area contributed by atoms with Gasteiger partial charge in [-0.2, -0.15) is 0 Å². The van der Waals surface area contributed by atoms with Gasteiger partial charge in [0.2, 0.25) is 0 Å². The Hall–Kier alpha value is -1.46. The summed E-state index contributed by atoms with van der Waals surface area (Å²) in [7, 11) is 2.97. The van der Waals surface area contributed by atoms with Crippen LogP contribution >= 0.6 is 11.6 Å². The Morgan fingerprint density at radius 2 is 2.00 bits per heavy atom. The first-order valence-electron chi connectivity index (χ1n) is 5.30. The van der Waals surface area contributed by atoms with Crippen molar-refractivity contribution >= 4 is 17.6 Å². The summed E-state index contributed by atoms with van der Waals surface area (Å²) in [5, 5.41) is 9.24. The molecule has 0 saturated heterocycles. The lowest BCUT2D eigenvalue weighted by Gasteiger charge is -2.19. The summed E-state index contributed by atoms with van der Waals surface area (Å²) in [6.45, 7) is 1.79. The molecule has 0 aliphatic heterocycles. The van der Waals surface area contributed by atoms with E-state index in [1.54, 1.807) is 13.0 Å². The van der Waals surface area contributed by atoms with E-state index >= 15 is 0 Å². The van der Waals surface area contributed by atoms with Crippen molar-refractivity contribution in [2.75, 3.05) is 14.2 Å². The van der Waals surface area contributed by atoms with Crippen molar-refractivity contribution in [1.82, 2.24) is 0 Å². The zero-order chi connectivity index (χ0) is 13.9. The number of methoxy groups -OCH3 is 2.